The molecule has 5 atom stereocenters. The molecule has 2 rings (SSSR count). The second-order valence-corrected chi connectivity index (χ2v) is 4.40. The van der Waals surface area contributed by atoms with Gasteiger partial charge >= 0.3 is 5.97 Å². The van der Waals surface area contributed by atoms with Crippen molar-refractivity contribution in [3.63, 3.8) is 0 Å². The van der Waals surface area contributed by atoms with Crippen LogP contribution >= 0.6 is 0 Å². The topological polar surface area (TPSA) is 176 Å². The fourth-order valence-corrected chi connectivity index (χ4v) is 1.60. The van der Waals surface area contributed by atoms with E-state index in [0.717, 1.165) is 6.08 Å². The second-order valence-electron chi connectivity index (χ2n) is 4.40. The van der Waals surface area contributed by atoms with Crippen molar-refractivity contribution >= 4 is 12.0 Å². The van der Waals surface area contributed by atoms with Crippen molar-refractivity contribution in [2.24, 2.45) is 0 Å². The van der Waals surface area contributed by atoms with Crippen molar-refractivity contribution in [2.75, 3.05) is 6.61 Å². The zero-order valence-corrected chi connectivity index (χ0v) is 13.8. The van der Waals surface area contributed by atoms with Crippen molar-refractivity contribution in [1.29, 1.82) is 0 Å². The van der Waals surface area contributed by atoms with Crippen LogP contribution in [0.15, 0.2) is 18.6 Å². The van der Waals surface area contributed by atoms with Crippen molar-refractivity contribution in [1.82, 2.24) is 9.97 Å². The van der Waals surface area contributed by atoms with Gasteiger partial charge in [-0.2, -0.15) is 0 Å². The minimum absolute atomic E-state index is 0. The summed E-state index contributed by atoms with van der Waals surface area (Å²) in [6, 6.07) is 0. The van der Waals surface area contributed by atoms with Crippen LogP contribution in [0.2, 0.25) is 0 Å². The third kappa shape index (κ3) is 6.88. The molecule has 0 aliphatic carbocycles. The van der Waals surface area contributed by atoms with E-state index in [1.165, 1.54) is 12.4 Å². The summed E-state index contributed by atoms with van der Waals surface area (Å²) in [7, 11) is 0. The number of H-pyrrole nitrogens is 1. The Morgan fingerprint density at radius 3 is 2.39 bits per heavy atom. The maximum absolute atomic E-state index is 9.97. The molecule has 1 aliphatic heterocycles. The van der Waals surface area contributed by atoms with Crippen molar-refractivity contribution in [2.45, 2.75) is 30.7 Å². The van der Waals surface area contributed by atoms with Gasteiger partial charge in [0.1, 0.15) is 24.4 Å². The summed E-state index contributed by atoms with van der Waals surface area (Å²) >= 11 is 0. The Balaban J connectivity index is 0.000000409. The number of carboxylic acids is 1. The molecule has 0 amide bonds. The van der Waals surface area contributed by atoms with Gasteiger partial charge in [-0.15, -0.1) is 0 Å². The van der Waals surface area contributed by atoms with Gasteiger partial charge in [0, 0.05) is 27.1 Å². The van der Waals surface area contributed by atoms with Crippen LogP contribution < -0.4 is 0 Å². The number of aromatic amines is 1. The SMILES string of the molecule is O=C(O)/C=C/c1cnc[nH]1.OC[C@H]1OC(O)[C@H](O)[C@@H](O)[C@@H]1O.[Mo]. The molecule has 1 aliphatic rings. The first-order valence-corrected chi connectivity index (χ1v) is 6.24. The van der Waals surface area contributed by atoms with Gasteiger partial charge < -0.3 is 40.4 Å². The van der Waals surface area contributed by atoms with E-state index in [0.29, 0.717) is 5.69 Å². The van der Waals surface area contributed by atoms with Gasteiger partial charge in [-0.05, 0) is 6.08 Å². The van der Waals surface area contributed by atoms with Crippen LogP contribution in [-0.4, -0.2) is 83.9 Å². The summed E-state index contributed by atoms with van der Waals surface area (Å²) in [5.41, 5.74) is 0.683. The van der Waals surface area contributed by atoms with Crippen molar-refractivity contribution < 1.29 is 61.2 Å². The summed E-state index contributed by atoms with van der Waals surface area (Å²) < 4.78 is 4.58. The zero-order chi connectivity index (χ0) is 16.7. The van der Waals surface area contributed by atoms with E-state index in [1.54, 1.807) is 6.20 Å². The van der Waals surface area contributed by atoms with Gasteiger partial charge in [-0.3, -0.25) is 0 Å². The van der Waals surface area contributed by atoms with E-state index in [4.69, 9.17) is 30.6 Å². The molecule has 0 radical (unpaired) electrons. The first-order chi connectivity index (χ1) is 10.4. The molecule has 0 bridgehead atoms. The first kappa shape index (κ1) is 21.9. The van der Waals surface area contributed by atoms with Crippen LogP contribution in [0.5, 0.6) is 0 Å². The molecule has 1 aromatic rings. The van der Waals surface area contributed by atoms with Gasteiger partial charge in [0.25, 0.3) is 0 Å². The summed E-state index contributed by atoms with van der Waals surface area (Å²) in [6.45, 7) is -0.526. The monoisotopic (exact) mass is 416 g/mol. The quantitative estimate of drug-likeness (QED) is 0.205. The van der Waals surface area contributed by atoms with Crippen LogP contribution in [0.3, 0.4) is 0 Å². The van der Waals surface area contributed by atoms with E-state index in [-0.39, 0.29) is 21.1 Å². The van der Waals surface area contributed by atoms with E-state index < -0.39 is 43.3 Å². The summed E-state index contributed by atoms with van der Waals surface area (Å²) in [4.78, 5) is 16.4. The van der Waals surface area contributed by atoms with Crippen LogP contribution in [-0.2, 0) is 30.6 Å². The molecule has 0 spiro atoms. The van der Waals surface area contributed by atoms with E-state index in [1.807, 2.05) is 0 Å². The molecule has 10 nitrogen and oxygen atoms in total. The number of aliphatic carboxylic acids is 1. The Morgan fingerprint density at radius 1 is 1.26 bits per heavy atom. The second kappa shape index (κ2) is 10.6. The van der Waals surface area contributed by atoms with Crippen LogP contribution in [0, 0.1) is 0 Å². The summed E-state index contributed by atoms with van der Waals surface area (Å²) in [5, 5.41) is 52.8. The Hall–Kier alpha value is -1.13. The van der Waals surface area contributed by atoms with Crippen molar-refractivity contribution in [3.05, 3.63) is 24.3 Å². The Labute approximate surface area is 145 Å². The Kier molecular flexibility index (Phi) is 10.1. The third-order valence-electron chi connectivity index (χ3n) is 2.79. The predicted molar refractivity (Wildman–Crippen MR) is 71.2 cm³/mol. The summed E-state index contributed by atoms with van der Waals surface area (Å²) in [6.07, 6.45) is -1.52. The van der Waals surface area contributed by atoms with E-state index in [2.05, 4.69) is 14.7 Å². The minimum atomic E-state index is -1.57. The number of carbonyl (C=O) groups is 1. The van der Waals surface area contributed by atoms with Gasteiger partial charge in [-0.25, -0.2) is 9.78 Å². The molecule has 7 N–H and O–H groups in total. The number of aliphatic hydroxyl groups excluding tert-OH is 5. The van der Waals surface area contributed by atoms with Gasteiger partial charge in [0.15, 0.2) is 6.29 Å². The molecular formula is C12H18MoN2O8. The Morgan fingerprint density at radius 2 is 1.91 bits per heavy atom. The maximum atomic E-state index is 9.97. The van der Waals surface area contributed by atoms with Gasteiger partial charge in [0.05, 0.1) is 24.8 Å². The molecule has 1 fully saturated rings. The largest absolute Gasteiger partial charge is 0.478 e. The molecule has 1 saturated heterocycles. The van der Waals surface area contributed by atoms with Crippen LogP contribution in [0.25, 0.3) is 6.08 Å². The summed E-state index contributed by atoms with van der Waals surface area (Å²) in [5.74, 6) is -0.963. The average Bonchev–Trinajstić information content (AvgIpc) is 3.01. The number of aromatic nitrogens is 2. The fourth-order valence-electron chi connectivity index (χ4n) is 1.60. The molecule has 11 heteroatoms. The van der Waals surface area contributed by atoms with E-state index >= 15 is 0 Å². The van der Waals surface area contributed by atoms with Gasteiger partial charge in [-0.1, -0.05) is 0 Å². The molecule has 2 heterocycles. The number of rotatable bonds is 3. The fraction of sp³-hybridized carbons (Fsp3) is 0.500. The zero-order valence-electron chi connectivity index (χ0n) is 11.8. The smallest absolute Gasteiger partial charge is 0.328 e. The number of imidazole rings is 1. The number of ether oxygens (including phenoxy) is 1. The third-order valence-corrected chi connectivity index (χ3v) is 2.79. The molecule has 0 saturated carbocycles. The van der Waals surface area contributed by atoms with Crippen LogP contribution in [0.1, 0.15) is 5.69 Å². The predicted octanol–water partition coefficient (Wildman–Crippen LogP) is -2.72. The van der Waals surface area contributed by atoms with Crippen LogP contribution in [0.4, 0.5) is 0 Å². The van der Waals surface area contributed by atoms with Gasteiger partial charge in [0.2, 0.25) is 0 Å². The number of nitrogens with zero attached hydrogens (tertiary/aromatic N) is 1. The first-order valence-electron chi connectivity index (χ1n) is 6.24. The van der Waals surface area contributed by atoms with Crippen molar-refractivity contribution in [3.8, 4) is 0 Å². The molecule has 23 heavy (non-hydrogen) atoms. The number of nitrogens with one attached hydrogen (secondary N) is 1. The molecular weight excluding hydrogens is 396 g/mol. The molecule has 130 valence electrons. The average molecular weight is 414 g/mol. The maximum Gasteiger partial charge on any atom is 0.328 e. The normalized spacial score (nSPS) is 30.2. The molecule has 0 aromatic carbocycles. The Bertz CT molecular complexity index is 479. The number of hydrogen-bond donors (Lipinski definition) is 7. The standard InChI is InChI=1S/C6H6N2O2.C6H12O6.Mo/c9-6(10)2-1-5-3-7-4-8-5;7-1-2-3(8)4(9)5(10)6(11)12-2;/h1-4H,(H,7,8)(H,9,10);2-11H,1H2;/b2-1+;;/t;2-,3-,4+,5-,6?;/m.1./s1. The number of hydrogen-bond acceptors (Lipinski definition) is 8. The molecule has 1 unspecified atom stereocenters. The number of aliphatic hydroxyl groups is 5. The minimum Gasteiger partial charge on any atom is -0.478 e. The van der Waals surface area contributed by atoms with E-state index in [9.17, 15) is 4.79 Å². The number of carboxylic acid groups (broad SMARTS) is 1. The molecule has 1 aromatic heterocycles.